The molecule has 0 saturated heterocycles. The van der Waals surface area contributed by atoms with E-state index in [-0.39, 0.29) is 0 Å². The first-order chi connectivity index (χ1) is 3.43. The Hall–Kier alpha value is -0.900. The van der Waals surface area contributed by atoms with Gasteiger partial charge in [-0.05, 0) is 0 Å². The Morgan fingerprint density at radius 3 is 2.29 bits per heavy atom. The molecule has 1 aliphatic heterocycles. The van der Waals surface area contributed by atoms with Crippen LogP contribution in [-0.2, 0) is 0 Å². The molecule has 0 spiro atoms. The normalized spacial score (nSPS) is 17.3. The standard InChI is InChI=1S/C6H7N/c1-2-7-5-3-4-6-7/h1,3-4H,5-6H2. The van der Waals surface area contributed by atoms with Crippen molar-refractivity contribution in [1.82, 2.24) is 4.90 Å². The lowest BCUT2D eigenvalue weighted by Gasteiger charge is -2.03. The van der Waals surface area contributed by atoms with Crippen LogP contribution in [0.15, 0.2) is 12.2 Å². The third kappa shape index (κ3) is 0.747. The molecule has 1 heterocycles. The Morgan fingerprint density at radius 1 is 1.43 bits per heavy atom. The average molecular weight is 93.1 g/mol. The van der Waals surface area contributed by atoms with E-state index in [1.807, 2.05) is 4.90 Å². The van der Waals surface area contributed by atoms with Gasteiger partial charge in [0.25, 0.3) is 0 Å². The number of hydrogen-bond donors (Lipinski definition) is 0. The molecule has 0 atom stereocenters. The van der Waals surface area contributed by atoms with E-state index in [0.29, 0.717) is 0 Å². The van der Waals surface area contributed by atoms with E-state index < -0.39 is 0 Å². The highest BCUT2D eigenvalue weighted by atomic mass is 15.1. The van der Waals surface area contributed by atoms with Crippen LogP contribution in [0.4, 0.5) is 0 Å². The molecule has 0 saturated carbocycles. The number of nitrogens with zero attached hydrogens (tertiary/aromatic N) is 1. The first-order valence-corrected chi connectivity index (χ1v) is 2.29. The zero-order valence-corrected chi connectivity index (χ0v) is 4.09. The minimum Gasteiger partial charge on any atom is -0.325 e. The van der Waals surface area contributed by atoms with E-state index in [0.717, 1.165) is 13.1 Å². The van der Waals surface area contributed by atoms with E-state index >= 15 is 0 Å². The van der Waals surface area contributed by atoms with Crippen LogP contribution in [0.5, 0.6) is 0 Å². The maximum Gasteiger partial charge on any atom is 0.0445 e. The lowest BCUT2D eigenvalue weighted by Crippen LogP contribution is -2.11. The van der Waals surface area contributed by atoms with Crippen LogP contribution in [-0.4, -0.2) is 18.0 Å². The molecule has 1 nitrogen and oxygen atoms in total. The lowest BCUT2D eigenvalue weighted by atomic mass is 10.6. The van der Waals surface area contributed by atoms with Crippen molar-refractivity contribution in [2.45, 2.75) is 0 Å². The molecule has 0 N–H and O–H groups in total. The molecule has 1 aliphatic rings. The van der Waals surface area contributed by atoms with Crippen molar-refractivity contribution in [3.63, 3.8) is 0 Å². The topological polar surface area (TPSA) is 3.24 Å². The van der Waals surface area contributed by atoms with Gasteiger partial charge in [-0.25, -0.2) is 0 Å². The molecule has 0 aromatic rings. The minimum atomic E-state index is 0.927. The first-order valence-electron chi connectivity index (χ1n) is 2.29. The van der Waals surface area contributed by atoms with Crippen LogP contribution in [0.25, 0.3) is 0 Å². The summed E-state index contributed by atoms with van der Waals surface area (Å²) in [6, 6.07) is 2.53. The zero-order valence-electron chi connectivity index (χ0n) is 4.09. The number of rotatable bonds is 0. The van der Waals surface area contributed by atoms with E-state index in [1.165, 1.54) is 0 Å². The average Bonchev–Trinajstić information content (AvgIpc) is 2.14. The van der Waals surface area contributed by atoms with Crippen molar-refractivity contribution in [1.29, 1.82) is 0 Å². The van der Waals surface area contributed by atoms with E-state index in [4.69, 9.17) is 6.42 Å². The summed E-state index contributed by atoms with van der Waals surface area (Å²) < 4.78 is 0. The third-order valence-electron chi connectivity index (χ3n) is 1.00. The van der Waals surface area contributed by atoms with Gasteiger partial charge in [0.1, 0.15) is 0 Å². The van der Waals surface area contributed by atoms with Crippen LogP contribution >= 0.6 is 0 Å². The zero-order chi connectivity index (χ0) is 5.11. The Kier molecular flexibility index (Phi) is 1.04. The summed E-state index contributed by atoms with van der Waals surface area (Å²) in [5.41, 5.74) is 0. The Balaban J connectivity index is 2.39. The molecule has 0 aliphatic carbocycles. The Labute approximate surface area is 43.6 Å². The van der Waals surface area contributed by atoms with Gasteiger partial charge in [-0.1, -0.05) is 18.6 Å². The minimum absolute atomic E-state index is 0.927. The first kappa shape index (κ1) is 4.26. The van der Waals surface area contributed by atoms with Gasteiger partial charge in [0.2, 0.25) is 0 Å². The summed E-state index contributed by atoms with van der Waals surface area (Å²) in [4.78, 5) is 1.90. The van der Waals surface area contributed by atoms with Gasteiger partial charge in [-0.15, -0.1) is 0 Å². The van der Waals surface area contributed by atoms with Crippen LogP contribution in [0.1, 0.15) is 0 Å². The van der Waals surface area contributed by atoms with Gasteiger partial charge in [-0.2, -0.15) is 0 Å². The second kappa shape index (κ2) is 1.70. The molecule has 0 unspecified atom stereocenters. The second-order valence-electron chi connectivity index (χ2n) is 1.51. The predicted molar refractivity (Wildman–Crippen MR) is 29.5 cm³/mol. The highest BCUT2D eigenvalue weighted by Crippen LogP contribution is 1.93. The van der Waals surface area contributed by atoms with Crippen molar-refractivity contribution in [2.24, 2.45) is 0 Å². The number of hydrogen-bond acceptors (Lipinski definition) is 1. The van der Waals surface area contributed by atoms with Crippen molar-refractivity contribution in [3.05, 3.63) is 12.2 Å². The second-order valence-corrected chi connectivity index (χ2v) is 1.51. The Bertz CT molecular complexity index is 111. The lowest BCUT2D eigenvalue weighted by molar-refractivity contribution is 0.517. The molecular formula is C6H7N. The largest absolute Gasteiger partial charge is 0.325 e. The fourth-order valence-electron chi connectivity index (χ4n) is 0.583. The molecule has 0 bridgehead atoms. The van der Waals surface area contributed by atoms with Gasteiger partial charge < -0.3 is 4.90 Å². The molecule has 0 aromatic heterocycles. The van der Waals surface area contributed by atoms with E-state index in [2.05, 4.69) is 18.2 Å². The maximum atomic E-state index is 5.07. The van der Waals surface area contributed by atoms with Gasteiger partial charge in [0, 0.05) is 19.1 Å². The molecule has 0 aromatic carbocycles. The van der Waals surface area contributed by atoms with Crippen LogP contribution < -0.4 is 0 Å². The van der Waals surface area contributed by atoms with E-state index in [1.54, 1.807) is 0 Å². The molecule has 1 rings (SSSR count). The summed E-state index contributed by atoms with van der Waals surface area (Å²) in [7, 11) is 0. The quantitative estimate of drug-likeness (QED) is 0.310. The molecule has 1 heteroatoms. The van der Waals surface area contributed by atoms with Gasteiger partial charge in [-0.3, -0.25) is 0 Å². The van der Waals surface area contributed by atoms with Crippen LogP contribution in [0, 0.1) is 12.5 Å². The maximum absolute atomic E-state index is 5.07. The SMILES string of the molecule is C#CN1CC=CC1. The van der Waals surface area contributed by atoms with Gasteiger partial charge in [0.05, 0.1) is 0 Å². The molecule has 7 heavy (non-hydrogen) atoms. The highest BCUT2D eigenvalue weighted by Gasteiger charge is 1.96. The molecule has 0 radical (unpaired) electrons. The van der Waals surface area contributed by atoms with E-state index in [9.17, 15) is 0 Å². The molecule has 0 fully saturated rings. The van der Waals surface area contributed by atoms with Crippen molar-refractivity contribution >= 4 is 0 Å². The fourth-order valence-corrected chi connectivity index (χ4v) is 0.583. The summed E-state index contributed by atoms with van der Waals surface area (Å²) in [5.74, 6) is 0. The predicted octanol–water partition coefficient (Wildman–Crippen LogP) is 0.449. The van der Waals surface area contributed by atoms with Gasteiger partial charge >= 0.3 is 0 Å². The summed E-state index contributed by atoms with van der Waals surface area (Å²) >= 11 is 0. The summed E-state index contributed by atoms with van der Waals surface area (Å²) in [6.07, 6.45) is 9.21. The van der Waals surface area contributed by atoms with Crippen molar-refractivity contribution < 1.29 is 0 Å². The molecule has 0 amide bonds. The van der Waals surface area contributed by atoms with Crippen molar-refractivity contribution in [2.75, 3.05) is 13.1 Å². The van der Waals surface area contributed by atoms with Crippen LogP contribution in [0.3, 0.4) is 0 Å². The monoisotopic (exact) mass is 93.1 g/mol. The fraction of sp³-hybridized carbons (Fsp3) is 0.333. The van der Waals surface area contributed by atoms with Crippen molar-refractivity contribution in [3.8, 4) is 12.5 Å². The van der Waals surface area contributed by atoms with Crippen LogP contribution in [0.2, 0.25) is 0 Å². The smallest absolute Gasteiger partial charge is 0.0445 e. The summed E-state index contributed by atoms with van der Waals surface area (Å²) in [5, 5.41) is 0. The Morgan fingerprint density at radius 2 is 2.00 bits per heavy atom. The van der Waals surface area contributed by atoms with Gasteiger partial charge in [0.15, 0.2) is 0 Å². The highest BCUT2D eigenvalue weighted by molar-refractivity contribution is 5.02. The third-order valence-corrected chi connectivity index (χ3v) is 1.00. The molecular weight excluding hydrogens is 86.1 g/mol. The summed E-state index contributed by atoms with van der Waals surface area (Å²) in [6.45, 7) is 1.85. The number of terminal acetylenes is 1. The molecule has 36 valence electrons.